The Hall–Kier alpha value is -3.11. The molecule has 0 spiro atoms. The van der Waals surface area contributed by atoms with Crippen LogP contribution >= 0.6 is 0 Å². The second kappa shape index (κ2) is 8.23. The number of nitrogens with zero attached hydrogens (tertiary/aromatic N) is 2. The molecular formula is C25H31N3O7. The van der Waals surface area contributed by atoms with E-state index in [9.17, 15) is 34.2 Å². The molecule has 188 valence electrons. The fourth-order valence-corrected chi connectivity index (χ4v) is 6.37. The zero-order valence-corrected chi connectivity index (χ0v) is 20.5. The molecule has 2 unspecified atom stereocenters. The van der Waals surface area contributed by atoms with E-state index in [1.165, 1.54) is 4.90 Å². The van der Waals surface area contributed by atoms with Gasteiger partial charge in [0.25, 0.3) is 0 Å². The van der Waals surface area contributed by atoms with Crippen molar-refractivity contribution in [2.45, 2.75) is 37.8 Å². The van der Waals surface area contributed by atoms with Gasteiger partial charge in [0.1, 0.15) is 5.75 Å². The number of anilines is 1. The summed E-state index contributed by atoms with van der Waals surface area (Å²) in [4.78, 5) is 69.3. The standard InChI is InChI=1S/C25H31N3O7/c1-6-10-9-14(27(2)3)12-7-11-8-13-18(28(4)5)21(31)17(24(26)34)23(33)25(13,35)22(32)15(11)20(30)16(12)19(10)29/h9,11,13,15,17-18,29,35H,6-8H2,1-5H3,(H2,26,34)/t11-,13-,15?,17?,18-,25-/m1/s1. The number of Topliss-reactive ketones (excluding diaryl/α,β-unsaturated/α-hetero) is 4. The van der Waals surface area contributed by atoms with E-state index in [0.29, 0.717) is 17.5 Å². The van der Waals surface area contributed by atoms with Crippen molar-refractivity contribution >= 4 is 34.7 Å². The van der Waals surface area contributed by atoms with Crippen molar-refractivity contribution in [3.63, 3.8) is 0 Å². The number of ketones is 4. The molecule has 4 N–H and O–H groups in total. The van der Waals surface area contributed by atoms with Crippen molar-refractivity contribution in [1.82, 2.24) is 4.90 Å². The summed E-state index contributed by atoms with van der Waals surface area (Å²) >= 11 is 0. The third-order valence-corrected chi connectivity index (χ3v) is 7.98. The Balaban J connectivity index is 1.91. The first-order valence-electron chi connectivity index (χ1n) is 11.7. The number of amides is 1. The third kappa shape index (κ3) is 3.26. The van der Waals surface area contributed by atoms with Gasteiger partial charge >= 0.3 is 0 Å². The average molecular weight is 486 g/mol. The lowest BCUT2D eigenvalue weighted by Gasteiger charge is -2.52. The predicted molar refractivity (Wildman–Crippen MR) is 125 cm³/mol. The van der Waals surface area contributed by atoms with Gasteiger partial charge in [0.15, 0.2) is 34.7 Å². The maximum Gasteiger partial charge on any atom is 0.235 e. The van der Waals surface area contributed by atoms with Gasteiger partial charge < -0.3 is 20.8 Å². The van der Waals surface area contributed by atoms with Crippen LogP contribution in [0.15, 0.2) is 6.07 Å². The van der Waals surface area contributed by atoms with Crippen molar-refractivity contribution in [1.29, 1.82) is 0 Å². The highest BCUT2D eigenvalue weighted by molar-refractivity contribution is 6.32. The summed E-state index contributed by atoms with van der Waals surface area (Å²) in [6, 6.07) is 0.706. The van der Waals surface area contributed by atoms with Gasteiger partial charge in [0.2, 0.25) is 5.91 Å². The first-order chi connectivity index (χ1) is 16.3. The van der Waals surface area contributed by atoms with Gasteiger partial charge in [-0.1, -0.05) is 6.92 Å². The van der Waals surface area contributed by atoms with Crippen LogP contribution in [0.4, 0.5) is 5.69 Å². The molecule has 10 nitrogen and oxygen atoms in total. The fourth-order valence-electron chi connectivity index (χ4n) is 6.37. The Labute approximate surface area is 203 Å². The molecule has 2 saturated carbocycles. The molecule has 6 atom stereocenters. The highest BCUT2D eigenvalue weighted by atomic mass is 16.3. The number of carbonyl (C=O) groups excluding carboxylic acids is 5. The molecule has 0 bridgehead atoms. The zero-order valence-electron chi connectivity index (χ0n) is 20.5. The monoisotopic (exact) mass is 485 g/mol. The summed E-state index contributed by atoms with van der Waals surface area (Å²) in [5.41, 5.74) is 4.53. The lowest BCUT2D eigenvalue weighted by atomic mass is 9.52. The van der Waals surface area contributed by atoms with Crippen LogP contribution < -0.4 is 10.6 Å². The molecule has 10 heteroatoms. The second-order valence-corrected chi connectivity index (χ2v) is 10.3. The number of nitrogens with two attached hydrogens (primary N) is 1. The van der Waals surface area contributed by atoms with Gasteiger partial charge in [0, 0.05) is 25.7 Å². The van der Waals surface area contributed by atoms with E-state index in [-0.39, 0.29) is 24.2 Å². The molecule has 35 heavy (non-hydrogen) atoms. The van der Waals surface area contributed by atoms with Crippen LogP contribution in [0.25, 0.3) is 0 Å². The van der Waals surface area contributed by atoms with Crippen LogP contribution in [0.1, 0.15) is 34.8 Å². The number of fused-ring (bicyclic) bond motifs is 3. The summed E-state index contributed by atoms with van der Waals surface area (Å²) in [6.07, 6.45) is 0.733. The van der Waals surface area contributed by atoms with Crippen LogP contribution in [0, 0.1) is 23.7 Å². The van der Waals surface area contributed by atoms with Crippen LogP contribution in [0.5, 0.6) is 5.75 Å². The molecule has 1 amide bonds. The minimum absolute atomic E-state index is 0.0274. The van der Waals surface area contributed by atoms with E-state index in [4.69, 9.17) is 5.73 Å². The largest absolute Gasteiger partial charge is 0.507 e. The number of primary amides is 1. The SMILES string of the molecule is CCc1cc(N(C)C)c2c(c1O)C(=O)C1C(=O)[C@@]3(O)C(=O)C(C(N)=O)C(=O)[C@H](N(C)C)[C@H]3C[C@H]1C2. The number of benzene rings is 1. The molecule has 0 aliphatic heterocycles. The average Bonchev–Trinajstić information content (AvgIpc) is 2.75. The number of aryl methyl sites for hydroxylation is 1. The Morgan fingerprint density at radius 1 is 1.14 bits per heavy atom. The molecule has 0 aromatic heterocycles. The number of likely N-dealkylation sites (N-methyl/N-ethyl adjacent to an activating group) is 1. The van der Waals surface area contributed by atoms with E-state index in [0.717, 1.165) is 5.69 Å². The fraction of sp³-hybridized carbons (Fsp3) is 0.560. The third-order valence-electron chi connectivity index (χ3n) is 7.98. The van der Waals surface area contributed by atoms with E-state index in [2.05, 4.69) is 0 Å². The van der Waals surface area contributed by atoms with E-state index >= 15 is 0 Å². The first-order valence-corrected chi connectivity index (χ1v) is 11.7. The molecule has 0 heterocycles. The molecule has 3 aliphatic carbocycles. The van der Waals surface area contributed by atoms with Crippen LogP contribution in [0.2, 0.25) is 0 Å². The van der Waals surface area contributed by atoms with E-state index < -0.39 is 64.4 Å². The topological polar surface area (TPSA) is 158 Å². The maximum absolute atomic E-state index is 13.8. The van der Waals surface area contributed by atoms with Crippen LogP contribution in [0.3, 0.4) is 0 Å². The van der Waals surface area contributed by atoms with Crippen LogP contribution in [-0.4, -0.2) is 84.0 Å². The number of phenols is 1. The number of hydrogen-bond acceptors (Lipinski definition) is 9. The molecule has 0 saturated heterocycles. The summed E-state index contributed by atoms with van der Waals surface area (Å²) in [6.45, 7) is 1.83. The smallest absolute Gasteiger partial charge is 0.235 e. The number of rotatable bonds is 4. The van der Waals surface area contributed by atoms with E-state index in [1.54, 1.807) is 14.1 Å². The molecule has 1 aromatic rings. The summed E-state index contributed by atoms with van der Waals surface area (Å²) in [5, 5.41) is 22.5. The van der Waals surface area contributed by atoms with Crippen molar-refractivity contribution < 1.29 is 34.2 Å². The normalized spacial score (nSPS) is 32.3. The van der Waals surface area contributed by atoms with Gasteiger partial charge in [-0.2, -0.15) is 0 Å². The van der Waals surface area contributed by atoms with E-state index in [1.807, 2.05) is 32.0 Å². The summed E-state index contributed by atoms with van der Waals surface area (Å²) in [7, 11) is 6.75. The van der Waals surface area contributed by atoms with Gasteiger partial charge in [-0.15, -0.1) is 0 Å². The van der Waals surface area contributed by atoms with Crippen molar-refractivity contribution in [2.24, 2.45) is 29.4 Å². The number of carbonyl (C=O) groups is 5. The number of aromatic hydroxyl groups is 1. The van der Waals surface area contributed by atoms with Gasteiger partial charge in [-0.3, -0.25) is 28.9 Å². The minimum Gasteiger partial charge on any atom is -0.507 e. The zero-order chi connectivity index (χ0) is 26.1. The second-order valence-electron chi connectivity index (χ2n) is 10.3. The van der Waals surface area contributed by atoms with Gasteiger partial charge in [-0.25, -0.2) is 0 Å². The van der Waals surface area contributed by atoms with Crippen molar-refractivity contribution in [2.75, 3.05) is 33.1 Å². The van der Waals surface area contributed by atoms with Crippen LogP contribution in [-0.2, 0) is 32.0 Å². The van der Waals surface area contributed by atoms with Gasteiger partial charge in [-0.05, 0) is 56.5 Å². The Morgan fingerprint density at radius 3 is 2.29 bits per heavy atom. The Kier molecular flexibility index (Phi) is 5.88. The molecule has 1 aromatic carbocycles. The van der Waals surface area contributed by atoms with Crippen molar-refractivity contribution in [3.05, 3.63) is 22.8 Å². The van der Waals surface area contributed by atoms with Crippen molar-refractivity contribution in [3.8, 4) is 5.75 Å². The highest BCUT2D eigenvalue weighted by Crippen LogP contribution is 2.52. The molecule has 3 aliphatic rings. The number of aliphatic hydroxyl groups is 1. The lowest BCUT2D eigenvalue weighted by molar-refractivity contribution is -0.181. The molecule has 2 fully saturated rings. The highest BCUT2D eigenvalue weighted by Gasteiger charge is 2.69. The minimum atomic E-state index is -2.71. The number of phenolic OH excluding ortho intramolecular Hbond substituents is 1. The summed E-state index contributed by atoms with van der Waals surface area (Å²) in [5.74, 6) is -10.2. The molecular weight excluding hydrogens is 454 g/mol. The molecule has 0 radical (unpaired) electrons. The number of hydrogen-bond donors (Lipinski definition) is 3. The Bertz CT molecular complexity index is 1170. The Morgan fingerprint density at radius 2 is 1.77 bits per heavy atom. The maximum atomic E-state index is 13.8. The first kappa shape index (κ1) is 25.0. The van der Waals surface area contributed by atoms with Gasteiger partial charge in [0.05, 0.1) is 17.5 Å². The lowest BCUT2D eigenvalue weighted by Crippen LogP contribution is -2.74. The quantitative estimate of drug-likeness (QED) is 0.478. The summed E-state index contributed by atoms with van der Waals surface area (Å²) < 4.78 is 0. The molecule has 4 rings (SSSR count). The predicted octanol–water partition coefficient (Wildman–Crippen LogP) is -0.505.